The van der Waals surface area contributed by atoms with Crippen LogP contribution in [0.25, 0.3) is 11.3 Å². The van der Waals surface area contributed by atoms with E-state index in [9.17, 15) is 10.1 Å². The van der Waals surface area contributed by atoms with Crippen molar-refractivity contribution >= 4 is 17.2 Å². The summed E-state index contributed by atoms with van der Waals surface area (Å²) in [6.07, 6.45) is 9.69. The number of carbonyl (C=O) groups is 1. The fourth-order valence-corrected chi connectivity index (χ4v) is 6.29. The minimum atomic E-state index is 0.122. The number of thiazole rings is 1. The Labute approximate surface area is 217 Å². The Balaban J connectivity index is 1.33. The van der Waals surface area contributed by atoms with Gasteiger partial charge >= 0.3 is 0 Å². The summed E-state index contributed by atoms with van der Waals surface area (Å²) in [4.78, 5) is 19.8. The van der Waals surface area contributed by atoms with Crippen molar-refractivity contribution in [1.29, 1.82) is 5.26 Å². The number of carbonyl (C=O) groups excluding carboxylic acids is 1. The topological polar surface area (TPSA) is 66.2 Å². The number of benzene rings is 2. The van der Waals surface area contributed by atoms with Gasteiger partial charge in [-0.1, -0.05) is 25.3 Å². The van der Waals surface area contributed by atoms with Crippen molar-refractivity contribution in [3.8, 4) is 23.1 Å². The quantitative estimate of drug-likeness (QED) is 0.358. The molecular formula is C30H33N3O2S. The van der Waals surface area contributed by atoms with Crippen LogP contribution in [0.2, 0.25) is 0 Å². The van der Waals surface area contributed by atoms with Gasteiger partial charge in [-0.05, 0) is 80.5 Å². The molecule has 6 heteroatoms. The molecule has 2 heterocycles. The molecule has 0 atom stereocenters. The first-order valence-corrected chi connectivity index (χ1v) is 14.0. The van der Waals surface area contributed by atoms with Crippen LogP contribution in [0.15, 0.2) is 41.8 Å². The molecule has 186 valence electrons. The molecule has 2 aromatic carbocycles. The molecule has 1 amide bonds. The lowest BCUT2D eigenvalue weighted by Crippen LogP contribution is -2.35. The predicted octanol–water partition coefficient (Wildman–Crippen LogP) is 7.24. The first-order valence-electron chi connectivity index (χ1n) is 13.1. The molecule has 5 nitrogen and oxygen atoms in total. The molecule has 0 radical (unpaired) electrons. The van der Waals surface area contributed by atoms with Gasteiger partial charge in [0.2, 0.25) is 0 Å². The fourth-order valence-electron chi connectivity index (χ4n) is 5.30. The van der Waals surface area contributed by atoms with Crippen molar-refractivity contribution < 1.29 is 9.53 Å². The number of piperidine rings is 1. The van der Waals surface area contributed by atoms with Gasteiger partial charge < -0.3 is 9.64 Å². The van der Waals surface area contributed by atoms with Crippen molar-refractivity contribution in [3.05, 3.63) is 69.0 Å². The summed E-state index contributed by atoms with van der Waals surface area (Å²) in [5.74, 6) is 1.40. The van der Waals surface area contributed by atoms with Gasteiger partial charge in [0.1, 0.15) is 12.4 Å². The van der Waals surface area contributed by atoms with Gasteiger partial charge in [-0.3, -0.25) is 4.79 Å². The number of likely N-dealkylation sites (tertiary alicyclic amines) is 1. The second kappa shape index (κ2) is 11.3. The molecule has 2 fully saturated rings. The molecule has 1 saturated heterocycles. The highest BCUT2D eigenvalue weighted by atomic mass is 32.1. The lowest BCUT2D eigenvalue weighted by molar-refractivity contribution is 0.0724. The van der Waals surface area contributed by atoms with E-state index in [-0.39, 0.29) is 5.91 Å². The molecular weight excluding hydrogens is 466 g/mol. The first kappa shape index (κ1) is 24.5. The number of aromatic nitrogens is 1. The zero-order valence-electron chi connectivity index (χ0n) is 21.0. The molecule has 0 unspecified atom stereocenters. The molecule has 0 N–H and O–H groups in total. The summed E-state index contributed by atoms with van der Waals surface area (Å²) < 4.78 is 6.29. The number of amides is 1. The maximum Gasteiger partial charge on any atom is 0.253 e. The van der Waals surface area contributed by atoms with E-state index >= 15 is 0 Å². The molecule has 2 aliphatic rings. The maximum atomic E-state index is 12.9. The smallest absolute Gasteiger partial charge is 0.253 e. The minimum absolute atomic E-state index is 0.122. The number of ether oxygens (including phenoxy) is 1. The normalized spacial score (nSPS) is 16.5. The first-order chi connectivity index (χ1) is 17.6. The monoisotopic (exact) mass is 499 g/mol. The zero-order valence-corrected chi connectivity index (χ0v) is 21.8. The van der Waals surface area contributed by atoms with Crippen LogP contribution >= 0.6 is 11.3 Å². The summed E-state index contributed by atoms with van der Waals surface area (Å²) in [5, 5.41) is 12.8. The highest BCUT2D eigenvalue weighted by molar-refractivity contribution is 7.10. The molecule has 5 rings (SSSR count). The molecule has 1 aliphatic heterocycles. The number of aryl methyl sites for hydroxylation is 1. The third-order valence-corrected chi connectivity index (χ3v) is 8.48. The Hall–Kier alpha value is -3.17. The third kappa shape index (κ3) is 5.47. The van der Waals surface area contributed by atoms with Crippen molar-refractivity contribution in [1.82, 2.24) is 9.88 Å². The Morgan fingerprint density at radius 3 is 2.61 bits per heavy atom. The third-order valence-electron chi connectivity index (χ3n) is 7.48. The van der Waals surface area contributed by atoms with Crippen LogP contribution in [0.3, 0.4) is 0 Å². The van der Waals surface area contributed by atoms with Gasteiger partial charge in [0.25, 0.3) is 5.91 Å². The fraction of sp³-hybridized carbons (Fsp3) is 0.433. The molecule has 1 saturated carbocycles. The van der Waals surface area contributed by atoms with E-state index in [1.165, 1.54) is 43.5 Å². The zero-order chi connectivity index (χ0) is 24.9. The summed E-state index contributed by atoms with van der Waals surface area (Å²) in [5.41, 5.74) is 5.17. The lowest BCUT2D eigenvalue weighted by Gasteiger charge is -2.27. The lowest BCUT2D eigenvalue weighted by atomic mass is 9.90. The highest BCUT2D eigenvalue weighted by Gasteiger charge is 2.21. The summed E-state index contributed by atoms with van der Waals surface area (Å²) in [6, 6.07) is 13.7. The van der Waals surface area contributed by atoms with Gasteiger partial charge in [0.15, 0.2) is 0 Å². The number of nitriles is 1. The van der Waals surface area contributed by atoms with Crippen molar-refractivity contribution in [2.75, 3.05) is 13.1 Å². The molecule has 1 aromatic heterocycles. The maximum absolute atomic E-state index is 12.9. The van der Waals surface area contributed by atoms with Gasteiger partial charge in [-0.15, -0.1) is 11.3 Å². The van der Waals surface area contributed by atoms with E-state index in [0.29, 0.717) is 18.1 Å². The van der Waals surface area contributed by atoms with Crippen molar-refractivity contribution in [3.63, 3.8) is 0 Å². The highest BCUT2D eigenvalue weighted by Crippen LogP contribution is 2.38. The Morgan fingerprint density at radius 2 is 1.86 bits per heavy atom. The van der Waals surface area contributed by atoms with Crippen LogP contribution in [-0.2, 0) is 6.61 Å². The summed E-state index contributed by atoms with van der Waals surface area (Å²) >= 11 is 1.72. The molecule has 0 spiro atoms. The molecule has 3 aromatic rings. The van der Waals surface area contributed by atoms with Gasteiger partial charge in [-0.25, -0.2) is 4.98 Å². The van der Waals surface area contributed by atoms with Crippen molar-refractivity contribution in [2.45, 2.75) is 70.8 Å². The number of hydrogen-bond acceptors (Lipinski definition) is 5. The van der Waals surface area contributed by atoms with Crippen LogP contribution in [0.1, 0.15) is 89.3 Å². The summed E-state index contributed by atoms with van der Waals surface area (Å²) in [6.45, 7) is 4.12. The van der Waals surface area contributed by atoms with E-state index in [4.69, 9.17) is 9.72 Å². The van der Waals surface area contributed by atoms with Crippen LogP contribution in [0.4, 0.5) is 0 Å². The van der Waals surface area contributed by atoms with Gasteiger partial charge in [0.05, 0.1) is 22.3 Å². The van der Waals surface area contributed by atoms with Gasteiger partial charge in [0, 0.05) is 35.5 Å². The minimum Gasteiger partial charge on any atom is -0.488 e. The van der Waals surface area contributed by atoms with Gasteiger partial charge in [-0.2, -0.15) is 5.26 Å². The standard InChI is InChI=1S/C30H33N3O2S/c1-21-16-24(30(34)33-14-6-3-7-15-33)11-12-25(21)19-35-28-13-10-22(18-31)17-26(28)27-20-36-29(32-27)23-8-4-2-5-9-23/h10-13,16-17,20,23H,2-9,14-15,19H2,1H3. The SMILES string of the molecule is Cc1cc(C(=O)N2CCCCC2)ccc1COc1ccc(C#N)cc1-c1csc(C2CCCCC2)n1. The molecule has 1 aliphatic carbocycles. The van der Waals surface area contributed by atoms with E-state index < -0.39 is 0 Å². The average Bonchev–Trinajstić information content (AvgIpc) is 3.43. The Morgan fingerprint density at radius 1 is 1.08 bits per heavy atom. The Kier molecular flexibility index (Phi) is 7.67. The largest absolute Gasteiger partial charge is 0.488 e. The second-order valence-corrected chi connectivity index (χ2v) is 10.9. The van der Waals surface area contributed by atoms with Crippen LogP contribution in [-0.4, -0.2) is 28.9 Å². The number of rotatable bonds is 6. The van der Waals surface area contributed by atoms with E-state index in [0.717, 1.165) is 59.6 Å². The number of nitrogens with zero attached hydrogens (tertiary/aromatic N) is 3. The average molecular weight is 500 g/mol. The van der Waals surface area contributed by atoms with Crippen LogP contribution in [0, 0.1) is 18.3 Å². The number of hydrogen-bond donors (Lipinski definition) is 0. The Bertz CT molecular complexity index is 1260. The van der Waals surface area contributed by atoms with E-state index in [1.54, 1.807) is 17.4 Å². The van der Waals surface area contributed by atoms with Crippen LogP contribution < -0.4 is 4.74 Å². The summed E-state index contributed by atoms with van der Waals surface area (Å²) in [7, 11) is 0. The van der Waals surface area contributed by atoms with Crippen molar-refractivity contribution in [2.24, 2.45) is 0 Å². The molecule has 36 heavy (non-hydrogen) atoms. The predicted molar refractivity (Wildman–Crippen MR) is 143 cm³/mol. The van der Waals surface area contributed by atoms with E-state index in [1.807, 2.05) is 42.2 Å². The van der Waals surface area contributed by atoms with E-state index in [2.05, 4.69) is 11.4 Å². The van der Waals surface area contributed by atoms with Crippen LogP contribution in [0.5, 0.6) is 5.75 Å². The molecule has 0 bridgehead atoms. The second-order valence-electron chi connectivity index (χ2n) is 10.0.